The van der Waals surface area contributed by atoms with Gasteiger partial charge < -0.3 is 10.2 Å². The minimum atomic E-state index is 1.03. The van der Waals surface area contributed by atoms with Crippen molar-refractivity contribution in [3.05, 3.63) is 58.3 Å². The molecular formula is C19H23BrN4+2. The van der Waals surface area contributed by atoms with Gasteiger partial charge in [-0.15, -0.1) is 0 Å². The summed E-state index contributed by atoms with van der Waals surface area (Å²) < 4.78 is 3.37. The van der Waals surface area contributed by atoms with Gasteiger partial charge in [0, 0.05) is 16.2 Å². The molecule has 4 nitrogen and oxygen atoms in total. The summed E-state index contributed by atoms with van der Waals surface area (Å²) in [4.78, 5) is 6.62. The van der Waals surface area contributed by atoms with E-state index in [9.17, 15) is 0 Å². The van der Waals surface area contributed by atoms with Gasteiger partial charge in [-0.3, -0.25) is 4.40 Å². The average Bonchev–Trinajstić information content (AvgIpc) is 2.94. The Balaban J connectivity index is 1.81. The number of nitrogens with zero attached hydrogens (tertiary/aromatic N) is 2. The first kappa shape index (κ1) is 15.8. The van der Waals surface area contributed by atoms with Gasteiger partial charge in [0.2, 0.25) is 0 Å². The molecule has 1 saturated heterocycles. The number of imidazole rings is 1. The number of pyridine rings is 1. The van der Waals surface area contributed by atoms with Crippen molar-refractivity contribution in [3.8, 4) is 11.3 Å². The van der Waals surface area contributed by atoms with Gasteiger partial charge in [-0.2, -0.15) is 0 Å². The highest BCUT2D eigenvalue weighted by molar-refractivity contribution is 9.10. The fourth-order valence-corrected chi connectivity index (χ4v) is 3.76. The van der Waals surface area contributed by atoms with Crippen LogP contribution in [0.3, 0.4) is 0 Å². The number of nitrogens with one attached hydrogen (secondary N) is 1. The van der Waals surface area contributed by atoms with Crippen molar-refractivity contribution in [3.63, 3.8) is 0 Å². The summed E-state index contributed by atoms with van der Waals surface area (Å²) in [5, 5.41) is 2.41. The topological polar surface area (TPSA) is 38.4 Å². The van der Waals surface area contributed by atoms with Gasteiger partial charge >= 0.3 is 0 Å². The SMILES string of the molecule is Cc1ccn2c(C[NH+]3CC[NH2+]CC3)c(-c3ccc(Br)cc3)nc2c1. The molecule has 1 fully saturated rings. The largest absolute Gasteiger partial charge is 0.337 e. The minimum absolute atomic E-state index is 1.03. The number of aryl methyl sites for hydroxylation is 1. The van der Waals surface area contributed by atoms with Crippen LogP contribution in [0.1, 0.15) is 11.3 Å². The Morgan fingerprint density at radius 2 is 1.92 bits per heavy atom. The molecule has 4 rings (SSSR count). The maximum atomic E-state index is 4.97. The van der Waals surface area contributed by atoms with Gasteiger partial charge in [-0.05, 0) is 36.8 Å². The lowest BCUT2D eigenvalue weighted by molar-refractivity contribution is -0.958. The van der Waals surface area contributed by atoms with E-state index in [0.717, 1.165) is 22.4 Å². The van der Waals surface area contributed by atoms with E-state index in [1.165, 1.54) is 43.0 Å². The van der Waals surface area contributed by atoms with Gasteiger partial charge in [-0.1, -0.05) is 28.1 Å². The Labute approximate surface area is 150 Å². The van der Waals surface area contributed by atoms with Crippen LogP contribution in [0, 0.1) is 6.92 Å². The van der Waals surface area contributed by atoms with Crippen LogP contribution >= 0.6 is 15.9 Å². The third-order valence-corrected chi connectivity index (χ3v) is 5.35. The predicted octanol–water partition coefficient (Wildman–Crippen LogP) is 1.03. The number of fused-ring (bicyclic) bond motifs is 1. The second-order valence-corrected chi connectivity index (χ2v) is 7.55. The molecule has 0 amide bonds. The van der Waals surface area contributed by atoms with Crippen LogP contribution in [0.4, 0.5) is 0 Å². The molecule has 3 aromatic rings. The summed E-state index contributed by atoms with van der Waals surface area (Å²) in [7, 11) is 0. The monoisotopic (exact) mass is 386 g/mol. The van der Waals surface area contributed by atoms with Crippen LogP contribution in [0.25, 0.3) is 16.9 Å². The molecule has 5 heteroatoms. The van der Waals surface area contributed by atoms with Gasteiger partial charge in [0.25, 0.3) is 0 Å². The van der Waals surface area contributed by atoms with Gasteiger partial charge in [0.15, 0.2) is 0 Å². The highest BCUT2D eigenvalue weighted by Gasteiger charge is 2.22. The number of hydrogen-bond donors (Lipinski definition) is 2. The Bertz CT molecular complexity index is 848. The number of halogens is 1. The first-order valence-corrected chi connectivity index (χ1v) is 9.39. The van der Waals surface area contributed by atoms with Crippen molar-refractivity contribution in [1.29, 1.82) is 0 Å². The summed E-state index contributed by atoms with van der Waals surface area (Å²) in [6.45, 7) is 8.04. The van der Waals surface area contributed by atoms with E-state index < -0.39 is 0 Å². The van der Waals surface area contributed by atoms with Crippen LogP contribution < -0.4 is 10.2 Å². The van der Waals surface area contributed by atoms with Crippen LogP contribution in [0.5, 0.6) is 0 Å². The molecule has 124 valence electrons. The summed E-state index contributed by atoms with van der Waals surface area (Å²) in [5.74, 6) is 0. The fraction of sp³-hybridized carbons (Fsp3) is 0.316. The summed E-state index contributed by atoms with van der Waals surface area (Å²) in [6.07, 6.45) is 2.17. The van der Waals surface area contributed by atoms with E-state index in [1.807, 2.05) is 0 Å². The van der Waals surface area contributed by atoms with Crippen molar-refractivity contribution in [2.24, 2.45) is 0 Å². The highest BCUT2D eigenvalue weighted by Crippen LogP contribution is 2.26. The van der Waals surface area contributed by atoms with Crippen molar-refractivity contribution < 1.29 is 10.2 Å². The molecule has 0 aliphatic carbocycles. The van der Waals surface area contributed by atoms with Crippen molar-refractivity contribution in [2.45, 2.75) is 13.5 Å². The Morgan fingerprint density at radius 1 is 1.17 bits per heavy atom. The number of hydrogen-bond acceptors (Lipinski definition) is 1. The first-order valence-electron chi connectivity index (χ1n) is 8.59. The van der Waals surface area contributed by atoms with Gasteiger partial charge in [0.1, 0.15) is 44.1 Å². The number of benzene rings is 1. The molecule has 3 heterocycles. The number of quaternary nitrogens is 2. The molecule has 1 aliphatic rings. The van der Waals surface area contributed by atoms with E-state index in [4.69, 9.17) is 4.98 Å². The van der Waals surface area contributed by atoms with Crippen LogP contribution in [-0.2, 0) is 6.54 Å². The zero-order valence-electron chi connectivity index (χ0n) is 13.9. The molecule has 1 aliphatic heterocycles. The van der Waals surface area contributed by atoms with Gasteiger partial charge in [0.05, 0.1) is 5.69 Å². The predicted molar refractivity (Wildman–Crippen MR) is 99.1 cm³/mol. The third kappa shape index (κ3) is 3.11. The minimum Gasteiger partial charge on any atom is -0.337 e. The molecule has 3 N–H and O–H groups in total. The lowest BCUT2D eigenvalue weighted by Gasteiger charge is -2.22. The molecule has 1 aromatic carbocycles. The van der Waals surface area contributed by atoms with E-state index in [-0.39, 0.29) is 0 Å². The lowest BCUT2D eigenvalue weighted by Crippen LogP contribution is -3.19. The molecule has 2 aromatic heterocycles. The number of rotatable bonds is 3. The molecule has 24 heavy (non-hydrogen) atoms. The zero-order valence-corrected chi connectivity index (χ0v) is 15.5. The smallest absolute Gasteiger partial charge is 0.138 e. The van der Waals surface area contributed by atoms with Crippen molar-refractivity contribution >= 4 is 21.6 Å². The van der Waals surface area contributed by atoms with Crippen molar-refractivity contribution in [2.75, 3.05) is 26.2 Å². The van der Waals surface area contributed by atoms with Crippen LogP contribution in [0.2, 0.25) is 0 Å². The van der Waals surface area contributed by atoms with E-state index in [0.29, 0.717) is 0 Å². The quantitative estimate of drug-likeness (QED) is 0.693. The molecular weight excluding hydrogens is 364 g/mol. The Hall–Kier alpha value is -1.69. The number of nitrogens with two attached hydrogens (primary N) is 1. The maximum Gasteiger partial charge on any atom is 0.138 e. The second kappa shape index (κ2) is 6.67. The average molecular weight is 387 g/mol. The third-order valence-electron chi connectivity index (χ3n) is 4.82. The summed E-state index contributed by atoms with van der Waals surface area (Å²) in [6, 6.07) is 12.8. The van der Waals surface area contributed by atoms with E-state index in [2.05, 4.69) is 75.2 Å². The van der Waals surface area contributed by atoms with E-state index >= 15 is 0 Å². The molecule has 0 atom stereocenters. The Kier molecular flexibility index (Phi) is 4.39. The van der Waals surface area contributed by atoms with Crippen molar-refractivity contribution in [1.82, 2.24) is 9.38 Å². The van der Waals surface area contributed by atoms with E-state index in [1.54, 1.807) is 4.90 Å². The molecule has 0 bridgehead atoms. The van der Waals surface area contributed by atoms with Gasteiger partial charge in [-0.25, -0.2) is 4.98 Å². The lowest BCUT2D eigenvalue weighted by atomic mass is 10.1. The zero-order chi connectivity index (χ0) is 16.5. The standard InChI is InChI=1S/C19H21BrN4/c1-14-6-9-24-17(13-23-10-7-21-8-11-23)19(22-18(24)12-14)15-2-4-16(20)5-3-15/h2-6,9,12,21H,7-8,10-11,13H2,1H3/p+2. The number of piperazine rings is 1. The highest BCUT2D eigenvalue weighted by atomic mass is 79.9. The Morgan fingerprint density at radius 3 is 2.67 bits per heavy atom. The van der Waals surface area contributed by atoms with Crippen LogP contribution in [0.15, 0.2) is 47.1 Å². The fourth-order valence-electron chi connectivity index (χ4n) is 3.50. The summed E-state index contributed by atoms with van der Waals surface area (Å²) >= 11 is 3.53. The first-order chi connectivity index (χ1) is 11.7. The maximum absolute atomic E-state index is 4.97. The van der Waals surface area contributed by atoms with Crippen LogP contribution in [-0.4, -0.2) is 35.6 Å². The second-order valence-electron chi connectivity index (χ2n) is 6.64. The number of aromatic nitrogens is 2. The molecule has 0 spiro atoms. The molecule has 0 unspecified atom stereocenters. The molecule has 0 saturated carbocycles. The summed E-state index contributed by atoms with van der Waals surface area (Å²) in [5.41, 5.74) is 5.93. The molecule has 0 radical (unpaired) electrons. The normalized spacial score (nSPS) is 15.9.